The number of fused-ring (bicyclic) bond motifs is 3. The summed E-state index contributed by atoms with van der Waals surface area (Å²) in [5.41, 5.74) is 2.75. The van der Waals surface area contributed by atoms with E-state index >= 15 is 0 Å². The zero-order valence-corrected chi connectivity index (χ0v) is 16.7. The number of hydrogen-bond donors (Lipinski definition) is 1. The Hall–Kier alpha value is -3.87. The number of ketones is 1. The zero-order valence-electron chi connectivity index (χ0n) is 16.7. The van der Waals surface area contributed by atoms with Crippen molar-refractivity contribution in [1.29, 1.82) is 0 Å². The molecule has 0 bridgehead atoms. The van der Waals surface area contributed by atoms with Gasteiger partial charge in [0.1, 0.15) is 11.6 Å². The van der Waals surface area contributed by atoms with E-state index in [1.807, 2.05) is 42.5 Å². The van der Waals surface area contributed by atoms with Crippen LogP contribution in [0.15, 0.2) is 63.7 Å². The molecule has 0 spiro atoms. The number of rotatable bonds is 2. The van der Waals surface area contributed by atoms with E-state index in [9.17, 15) is 14.4 Å². The minimum Gasteiger partial charge on any atom is -0.497 e. The van der Waals surface area contributed by atoms with Gasteiger partial charge in [-0.2, -0.15) is 0 Å². The third-order valence-electron chi connectivity index (χ3n) is 5.90. The number of anilines is 1. The van der Waals surface area contributed by atoms with Crippen LogP contribution in [0.2, 0.25) is 0 Å². The highest BCUT2D eigenvalue weighted by atomic mass is 16.5. The Morgan fingerprint density at radius 3 is 2.40 bits per heavy atom. The first-order valence-electron chi connectivity index (χ1n) is 9.53. The number of Topliss-reactive ketones (excluding diaryl/α,β-unsaturated/α-hetero) is 1. The molecule has 1 atom stereocenters. The molecule has 7 nitrogen and oxygen atoms in total. The van der Waals surface area contributed by atoms with Gasteiger partial charge in [0, 0.05) is 36.7 Å². The smallest absolute Gasteiger partial charge is 0.332 e. The van der Waals surface area contributed by atoms with Crippen LogP contribution < -0.4 is 21.3 Å². The van der Waals surface area contributed by atoms with Crippen molar-refractivity contribution in [3.63, 3.8) is 0 Å². The minimum absolute atomic E-state index is 0.123. The summed E-state index contributed by atoms with van der Waals surface area (Å²) in [6.07, 6.45) is 0. The first-order valence-corrected chi connectivity index (χ1v) is 9.53. The molecule has 5 rings (SSSR count). The van der Waals surface area contributed by atoms with E-state index in [1.165, 1.54) is 11.6 Å². The second-order valence-corrected chi connectivity index (χ2v) is 7.47. The van der Waals surface area contributed by atoms with Crippen molar-refractivity contribution in [2.75, 3.05) is 12.4 Å². The van der Waals surface area contributed by atoms with Crippen LogP contribution >= 0.6 is 0 Å². The summed E-state index contributed by atoms with van der Waals surface area (Å²) >= 11 is 0. The number of benzene rings is 2. The Labute approximate surface area is 171 Å². The number of nitrogens with zero attached hydrogens (tertiary/aromatic N) is 2. The molecule has 1 N–H and O–H groups in total. The number of nitrogens with one attached hydrogen (secondary N) is 1. The summed E-state index contributed by atoms with van der Waals surface area (Å²) in [6, 6.07) is 14.7. The second kappa shape index (κ2) is 6.32. The van der Waals surface area contributed by atoms with Gasteiger partial charge in [-0.3, -0.25) is 18.7 Å². The third-order valence-corrected chi connectivity index (χ3v) is 5.90. The number of aromatic nitrogens is 2. The molecular formula is C23H19N3O4. The van der Waals surface area contributed by atoms with Crippen LogP contribution in [-0.4, -0.2) is 22.0 Å². The van der Waals surface area contributed by atoms with Gasteiger partial charge in [-0.1, -0.05) is 36.4 Å². The van der Waals surface area contributed by atoms with Crippen LogP contribution in [0.25, 0.3) is 5.70 Å². The molecule has 0 radical (unpaired) electrons. The molecule has 1 aliphatic heterocycles. The molecule has 150 valence electrons. The lowest BCUT2D eigenvalue weighted by atomic mass is 9.81. The quantitative estimate of drug-likeness (QED) is 0.712. The number of hydrogen-bond acceptors (Lipinski definition) is 5. The van der Waals surface area contributed by atoms with Gasteiger partial charge in [0.05, 0.1) is 18.4 Å². The van der Waals surface area contributed by atoms with E-state index in [-0.39, 0.29) is 5.78 Å². The van der Waals surface area contributed by atoms with Gasteiger partial charge in [-0.25, -0.2) is 4.79 Å². The molecule has 0 fully saturated rings. The topological polar surface area (TPSA) is 82.3 Å². The van der Waals surface area contributed by atoms with Crippen molar-refractivity contribution in [3.05, 3.63) is 97.2 Å². The Morgan fingerprint density at radius 2 is 1.67 bits per heavy atom. The molecule has 30 heavy (non-hydrogen) atoms. The van der Waals surface area contributed by atoms with Crippen LogP contribution in [0.3, 0.4) is 0 Å². The van der Waals surface area contributed by atoms with Crippen LogP contribution in [0.1, 0.15) is 33.0 Å². The van der Waals surface area contributed by atoms with Gasteiger partial charge in [0.25, 0.3) is 5.56 Å². The lowest BCUT2D eigenvalue weighted by molar-refractivity contribution is 0.103. The fraction of sp³-hybridized carbons (Fsp3) is 0.174. The maximum atomic E-state index is 13.4. The monoisotopic (exact) mass is 401 g/mol. The molecule has 1 aromatic heterocycles. The molecule has 2 aromatic carbocycles. The Bertz CT molecular complexity index is 1390. The fourth-order valence-electron chi connectivity index (χ4n) is 4.41. The standard InChI is InChI=1S/C23H19N3O4/c1-25-21-18(22(28)26(2)23(25)29)16(12-7-6-8-13(11-12)30-3)17-19(24-21)14-9-4-5-10-15(14)20(17)27/h4-11,16,24H,1-3H3. The van der Waals surface area contributed by atoms with E-state index in [1.54, 1.807) is 20.2 Å². The third kappa shape index (κ3) is 2.29. The fourth-order valence-corrected chi connectivity index (χ4v) is 4.41. The summed E-state index contributed by atoms with van der Waals surface area (Å²) < 4.78 is 7.87. The molecule has 2 aliphatic rings. The van der Waals surface area contributed by atoms with Crippen molar-refractivity contribution in [1.82, 2.24) is 9.13 Å². The normalized spacial score (nSPS) is 16.6. The molecule has 1 aliphatic carbocycles. The second-order valence-electron chi connectivity index (χ2n) is 7.47. The van der Waals surface area contributed by atoms with Gasteiger partial charge >= 0.3 is 5.69 Å². The van der Waals surface area contributed by atoms with Crippen LogP contribution in [0, 0.1) is 0 Å². The first-order chi connectivity index (χ1) is 14.4. The number of allylic oxidation sites excluding steroid dienone is 1. The Kier molecular flexibility index (Phi) is 3.83. The minimum atomic E-state index is -0.628. The Morgan fingerprint density at radius 1 is 0.933 bits per heavy atom. The van der Waals surface area contributed by atoms with Gasteiger partial charge in [0.2, 0.25) is 0 Å². The molecule has 1 unspecified atom stereocenters. The summed E-state index contributed by atoms with van der Waals surface area (Å²) in [4.78, 5) is 39.2. The average molecular weight is 401 g/mol. The lowest BCUT2D eigenvalue weighted by Gasteiger charge is -2.29. The maximum absolute atomic E-state index is 13.4. The Balaban J connectivity index is 1.89. The summed E-state index contributed by atoms with van der Waals surface area (Å²) in [5.74, 6) is 0.276. The molecule has 0 amide bonds. The molecule has 0 saturated heterocycles. The van der Waals surface area contributed by atoms with E-state index in [2.05, 4.69) is 5.32 Å². The van der Waals surface area contributed by atoms with Crippen molar-refractivity contribution in [2.45, 2.75) is 5.92 Å². The summed E-state index contributed by atoms with van der Waals surface area (Å²) in [5, 5.41) is 3.23. The maximum Gasteiger partial charge on any atom is 0.332 e. The van der Waals surface area contributed by atoms with Gasteiger partial charge < -0.3 is 10.1 Å². The molecule has 0 saturated carbocycles. The summed E-state index contributed by atoms with van der Waals surface area (Å²) in [7, 11) is 4.63. The van der Waals surface area contributed by atoms with E-state index < -0.39 is 17.2 Å². The highest BCUT2D eigenvalue weighted by Crippen LogP contribution is 2.48. The SMILES string of the molecule is COc1cccc(C2C3=C(Nc4c2c(=O)n(C)c(=O)n4C)c2ccccc2C3=O)c1. The predicted molar refractivity (Wildman–Crippen MR) is 113 cm³/mol. The predicted octanol–water partition coefficient (Wildman–Crippen LogP) is 2.26. The van der Waals surface area contributed by atoms with E-state index in [4.69, 9.17) is 4.74 Å². The van der Waals surface area contributed by atoms with Crippen molar-refractivity contribution >= 4 is 17.3 Å². The highest BCUT2D eigenvalue weighted by Gasteiger charge is 2.42. The number of carbonyl (C=O) groups excluding carboxylic acids is 1. The van der Waals surface area contributed by atoms with E-state index in [0.29, 0.717) is 34.0 Å². The van der Waals surface area contributed by atoms with Crippen molar-refractivity contribution in [2.24, 2.45) is 14.1 Å². The average Bonchev–Trinajstić information content (AvgIpc) is 3.07. The molecule has 7 heteroatoms. The van der Waals surface area contributed by atoms with Crippen molar-refractivity contribution in [3.8, 4) is 5.75 Å². The van der Waals surface area contributed by atoms with Crippen molar-refractivity contribution < 1.29 is 9.53 Å². The zero-order chi connectivity index (χ0) is 21.2. The molecule has 3 aromatic rings. The van der Waals surface area contributed by atoms with Crippen LogP contribution in [0.5, 0.6) is 5.75 Å². The molecular weight excluding hydrogens is 382 g/mol. The summed E-state index contributed by atoms with van der Waals surface area (Å²) in [6.45, 7) is 0. The van der Waals surface area contributed by atoms with Gasteiger partial charge in [-0.15, -0.1) is 0 Å². The van der Waals surface area contributed by atoms with Gasteiger partial charge in [0.15, 0.2) is 5.78 Å². The largest absolute Gasteiger partial charge is 0.497 e. The first kappa shape index (κ1) is 18.2. The highest BCUT2D eigenvalue weighted by molar-refractivity contribution is 6.23. The van der Waals surface area contributed by atoms with Gasteiger partial charge in [-0.05, 0) is 17.7 Å². The number of ether oxygens (including phenoxy) is 1. The lowest BCUT2D eigenvalue weighted by Crippen LogP contribution is -2.42. The number of carbonyl (C=O) groups is 1. The molecule has 2 heterocycles. The van der Waals surface area contributed by atoms with Crippen LogP contribution in [0.4, 0.5) is 5.82 Å². The van der Waals surface area contributed by atoms with Crippen LogP contribution in [-0.2, 0) is 14.1 Å². The number of methoxy groups -OCH3 is 1. The van der Waals surface area contributed by atoms with E-state index in [0.717, 1.165) is 15.7 Å².